The van der Waals surface area contributed by atoms with Gasteiger partial charge in [-0.3, -0.25) is 0 Å². The molecule has 1 aliphatic carbocycles. The molecule has 0 aromatic heterocycles. The van der Waals surface area contributed by atoms with Crippen LogP contribution in [0.15, 0.2) is 28.7 Å². The summed E-state index contributed by atoms with van der Waals surface area (Å²) in [4.78, 5) is 0. The van der Waals surface area contributed by atoms with Crippen LogP contribution in [0.2, 0.25) is 0 Å². The lowest BCUT2D eigenvalue weighted by molar-refractivity contribution is 0.393. The molecule has 14 heavy (non-hydrogen) atoms. The highest BCUT2D eigenvalue weighted by Gasteiger charge is 2.20. The van der Waals surface area contributed by atoms with Crippen molar-refractivity contribution in [2.75, 3.05) is 0 Å². The summed E-state index contributed by atoms with van der Waals surface area (Å²) >= 11 is 3.46. The molecule has 0 aliphatic heterocycles. The Kier molecular flexibility index (Phi) is 3.24. The molecule has 1 aromatic carbocycles. The molecule has 1 aliphatic rings. The Hall–Kier alpha value is -0.340. The van der Waals surface area contributed by atoms with Gasteiger partial charge in [0.25, 0.3) is 0 Å². The highest BCUT2D eigenvalue weighted by atomic mass is 79.9. The minimum atomic E-state index is 0.414. The zero-order valence-electron chi connectivity index (χ0n) is 8.25. The van der Waals surface area contributed by atoms with Crippen molar-refractivity contribution in [1.29, 1.82) is 0 Å². The highest BCUT2D eigenvalue weighted by molar-refractivity contribution is 9.10. The van der Waals surface area contributed by atoms with Crippen LogP contribution in [-0.4, -0.2) is 6.04 Å². The van der Waals surface area contributed by atoms with Gasteiger partial charge in [0.1, 0.15) is 0 Å². The number of hydrogen-bond donors (Lipinski definition) is 1. The molecule has 2 rings (SSSR count). The first-order chi connectivity index (χ1) is 6.75. The van der Waals surface area contributed by atoms with Crippen molar-refractivity contribution in [2.45, 2.75) is 37.6 Å². The van der Waals surface area contributed by atoms with E-state index >= 15 is 0 Å². The van der Waals surface area contributed by atoms with Gasteiger partial charge in [0.05, 0.1) is 0 Å². The second-order valence-electron chi connectivity index (χ2n) is 4.18. The van der Waals surface area contributed by atoms with Crippen LogP contribution < -0.4 is 5.73 Å². The smallest absolute Gasteiger partial charge is 0.0175 e. The van der Waals surface area contributed by atoms with E-state index in [9.17, 15) is 0 Å². The second-order valence-corrected chi connectivity index (χ2v) is 5.09. The summed E-state index contributed by atoms with van der Waals surface area (Å²) in [5.41, 5.74) is 7.43. The maximum atomic E-state index is 5.98. The van der Waals surface area contributed by atoms with Crippen LogP contribution in [-0.2, 0) is 0 Å². The monoisotopic (exact) mass is 253 g/mol. The lowest BCUT2D eigenvalue weighted by Crippen LogP contribution is -2.26. The van der Waals surface area contributed by atoms with Crippen LogP contribution in [0.3, 0.4) is 0 Å². The molecule has 0 bridgehead atoms. The van der Waals surface area contributed by atoms with E-state index < -0.39 is 0 Å². The average molecular weight is 254 g/mol. The SMILES string of the molecule is N[C@@H]1CCC[C@@H](c2ccc(Br)cc2)C1. The fraction of sp³-hybridized carbons (Fsp3) is 0.500. The molecule has 0 radical (unpaired) electrons. The van der Waals surface area contributed by atoms with Crippen molar-refractivity contribution in [3.8, 4) is 0 Å². The molecule has 0 spiro atoms. The standard InChI is InChI=1S/C12H16BrN/c13-11-6-4-9(5-7-11)10-2-1-3-12(14)8-10/h4-7,10,12H,1-3,8,14H2/t10-,12-/m1/s1. The van der Waals surface area contributed by atoms with Gasteiger partial charge in [-0.05, 0) is 42.9 Å². The Labute approximate surface area is 93.8 Å². The van der Waals surface area contributed by atoms with E-state index in [0.29, 0.717) is 12.0 Å². The van der Waals surface area contributed by atoms with Gasteiger partial charge < -0.3 is 5.73 Å². The van der Waals surface area contributed by atoms with E-state index in [0.717, 1.165) is 10.9 Å². The normalized spacial score (nSPS) is 27.6. The van der Waals surface area contributed by atoms with Crippen LogP contribution in [0.1, 0.15) is 37.2 Å². The van der Waals surface area contributed by atoms with Crippen LogP contribution in [0.25, 0.3) is 0 Å². The Morgan fingerprint density at radius 2 is 1.86 bits per heavy atom. The van der Waals surface area contributed by atoms with E-state index in [4.69, 9.17) is 5.73 Å². The summed E-state index contributed by atoms with van der Waals surface area (Å²) in [6, 6.07) is 9.09. The van der Waals surface area contributed by atoms with Gasteiger partial charge in [0.2, 0.25) is 0 Å². The average Bonchev–Trinajstić information content (AvgIpc) is 2.19. The first-order valence-corrected chi connectivity index (χ1v) is 6.06. The third-order valence-electron chi connectivity index (χ3n) is 3.06. The zero-order chi connectivity index (χ0) is 9.97. The number of rotatable bonds is 1. The Balaban J connectivity index is 2.10. The number of benzene rings is 1. The molecule has 1 aromatic rings. The molecule has 0 unspecified atom stereocenters. The number of hydrogen-bond acceptors (Lipinski definition) is 1. The van der Waals surface area contributed by atoms with Crippen LogP contribution in [0.5, 0.6) is 0 Å². The quantitative estimate of drug-likeness (QED) is 0.816. The van der Waals surface area contributed by atoms with Gasteiger partial charge in [-0.25, -0.2) is 0 Å². The van der Waals surface area contributed by atoms with E-state index in [2.05, 4.69) is 40.2 Å². The fourth-order valence-electron chi connectivity index (χ4n) is 2.27. The van der Waals surface area contributed by atoms with E-state index in [1.54, 1.807) is 0 Å². The zero-order valence-corrected chi connectivity index (χ0v) is 9.83. The summed E-state index contributed by atoms with van der Waals surface area (Å²) < 4.78 is 1.15. The van der Waals surface area contributed by atoms with Gasteiger partial charge in [-0.2, -0.15) is 0 Å². The summed E-state index contributed by atoms with van der Waals surface area (Å²) in [7, 11) is 0. The third-order valence-corrected chi connectivity index (χ3v) is 3.58. The van der Waals surface area contributed by atoms with Gasteiger partial charge in [-0.15, -0.1) is 0 Å². The summed E-state index contributed by atoms with van der Waals surface area (Å²) in [6.45, 7) is 0. The molecular weight excluding hydrogens is 238 g/mol. The first-order valence-electron chi connectivity index (χ1n) is 5.27. The molecule has 76 valence electrons. The van der Waals surface area contributed by atoms with Crippen molar-refractivity contribution < 1.29 is 0 Å². The van der Waals surface area contributed by atoms with Crippen LogP contribution >= 0.6 is 15.9 Å². The molecule has 0 heterocycles. The van der Waals surface area contributed by atoms with Crippen molar-refractivity contribution in [3.05, 3.63) is 34.3 Å². The highest BCUT2D eigenvalue weighted by Crippen LogP contribution is 2.32. The molecule has 1 fully saturated rings. The molecule has 1 saturated carbocycles. The fourth-order valence-corrected chi connectivity index (χ4v) is 2.53. The maximum absolute atomic E-state index is 5.98. The van der Waals surface area contributed by atoms with Gasteiger partial charge in [-0.1, -0.05) is 34.5 Å². The molecule has 2 heteroatoms. The van der Waals surface area contributed by atoms with Crippen molar-refractivity contribution in [3.63, 3.8) is 0 Å². The molecular formula is C12H16BrN. The first kappa shape index (κ1) is 10.2. The Morgan fingerprint density at radius 3 is 2.50 bits per heavy atom. The Bertz CT molecular complexity index is 294. The van der Waals surface area contributed by atoms with Crippen molar-refractivity contribution in [2.24, 2.45) is 5.73 Å². The molecule has 2 atom stereocenters. The van der Waals surface area contributed by atoms with E-state index in [-0.39, 0.29) is 0 Å². The topological polar surface area (TPSA) is 26.0 Å². The van der Waals surface area contributed by atoms with Gasteiger partial charge in [0.15, 0.2) is 0 Å². The van der Waals surface area contributed by atoms with Gasteiger partial charge in [0, 0.05) is 10.5 Å². The van der Waals surface area contributed by atoms with Crippen molar-refractivity contribution in [1.82, 2.24) is 0 Å². The van der Waals surface area contributed by atoms with Gasteiger partial charge >= 0.3 is 0 Å². The Morgan fingerprint density at radius 1 is 1.14 bits per heavy atom. The summed E-state index contributed by atoms with van der Waals surface area (Å²) in [5.74, 6) is 0.687. The number of nitrogens with two attached hydrogens (primary N) is 1. The lowest BCUT2D eigenvalue weighted by atomic mass is 9.82. The summed E-state index contributed by atoms with van der Waals surface area (Å²) in [5, 5.41) is 0. The van der Waals surface area contributed by atoms with Crippen molar-refractivity contribution >= 4 is 15.9 Å². The molecule has 2 N–H and O–H groups in total. The van der Waals surface area contributed by atoms with Crippen LogP contribution in [0, 0.1) is 0 Å². The van der Waals surface area contributed by atoms with E-state index in [1.165, 1.54) is 24.8 Å². The predicted molar refractivity (Wildman–Crippen MR) is 63.3 cm³/mol. The number of halogens is 1. The summed E-state index contributed by atoms with van der Waals surface area (Å²) in [6.07, 6.45) is 4.94. The molecule has 0 amide bonds. The molecule has 1 nitrogen and oxygen atoms in total. The maximum Gasteiger partial charge on any atom is 0.0175 e. The third kappa shape index (κ3) is 2.37. The van der Waals surface area contributed by atoms with E-state index in [1.807, 2.05) is 0 Å². The minimum absolute atomic E-state index is 0.414. The van der Waals surface area contributed by atoms with Crippen LogP contribution in [0.4, 0.5) is 0 Å². The second kappa shape index (κ2) is 4.45. The predicted octanol–water partition coefficient (Wildman–Crippen LogP) is 3.43. The lowest BCUT2D eigenvalue weighted by Gasteiger charge is -2.26. The minimum Gasteiger partial charge on any atom is -0.328 e. The molecule has 0 saturated heterocycles. The largest absolute Gasteiger partial charge is 0.328 e.